The molecule has 1 fully saturated rings. The van der Waals surface area contributed by atoms with E-state index in [1.807, 2.05) is 0 Å². The first-order valence-electron chi connectivity index (χ1n) is 7.88. The van der Waals surface area contributed by atoms with E-state index in [1.54, 1.807) is 0 Å². The predicted octanol–water partition coefficient (Wildman–Crippen LogP) is 3.54. The van der Waals surface area contributed by atoms with Gasteiger partial charge in [-0.15, -0.1) is 0 Å². The minimum absolute atomic E-state index is 0.249. The molecule has 1 saturated carbocycles. The van der Waals surface area contributed by atoms with Crippen molar-refractivity contribution in [2.24, 2.45) is 23.7 Å². The van der Waals surface area contributed by atoms with Gasteiger partial charge in [0.05, 0.1) is 5.92 Å². The topological polar surface area (TPSA) is 49.3 Å². The maximum Gasteiger partial charge on any atom is 0.307 e. The summed E-state index contributed by atoms with van der Waals surface area (Å²) in [6.07, 6.45) is 6.06. The highest BCUT2D eigenvalue weighted by atomic mass is 16.4. The highest BCUT2D eigenvalue weighted by Crippen LogP contribution is 2.31. The lowest BCUT2D eigenvalue weighted by atomic mass is 9.76. The summed E-state index contributed by atoms with van der Waals surface area (Å²) in [7, 11) is 0. The van der Waals surface area contributed by atoms with Crippen LogP contribution in [0.4, 0.5) is 0 Å². The Morgan fingerprint density at radius 1 is 1.26 bits per heavy atom. The number of carboxylic acids is 1. The zero-order chi connectivity index (χ0) is 14.4. The van der Waals surface area contributed by atoms with Crippen molar-refractivity contribution >= 4 is 5.97 Å². The average Bonchev–Trinajstić information content (AvgIpc) is 2.34. The second kappa shape index (κ2) is 7.88. The van der Waals surface area contributed by atoms with Gasteiger partial charge in [0, 0.05) is 12.6 Å². The number of aliphatic carboxylic acids is 1. The van der Waals surface area contributed by atoms with Crippen molar-refractivity contribution in [1.29, 1.82) is 0 Å². The Labute approximate surface area is 118 Å². The molecule has 3 nitrogen and oxygen atoms in total. The Bertz CT molecular complexity index is 278. The second-order valence-corrected chi connectivity index (χ2v) is 6.79. The van der Waals surface area contributed by atoms with E-state index >= 15 is 0 Å². The Balaban J connectivity index is 2.42. The minimum Gasteiger partial charge on any atom is -0.481 e. The van der Waals surface area contributed by atoms with Crippen LogP contribution in [0.1, 0.15) is 59.8 Å². The summed E-state index contributed by atoms with van der Waals surface area (Å²) in [5.74, 6) is 1.00. The largest absolute Gasteiger partial charge is 0.481 e. The normalized spacial score (nSPS) is 27.2. The molecule has 4 atom stereocenters. The van der Waals surface area contributed by atoms with Crippen LogP contribution in [0.15, 0.2) is 0 Å². The molecule has 19 heavy (non-hydrogen) atoms. The van der Waals surface area contributed by atoms with Gasteiger partial charge in [0.1, 0.15) is 0 Å². The first-order chi connectivity index (χ1) is 8.91. The van der Waals surface area contributed by atoms with E-state index in [2.05, 4.69) is 33.0 Å². The first kappa shape index (κ1) is 16.5. The molecule has 0 aromatic carbocycles. The minimum atomic E-state index is -0.662. The predicted molar refractivity (Wildman–Crippen MR) is 79.2 cm³/mol. The molecule has 0 heterocycles. The van der Waals surface area contributed by atoms with Gasteiger partial charge in [0.2, 0.25) is 0 Å². The molecule has 0 spiro atoms. The zero-order valence-corrected chi connectivity index (χ0v) is 13.0. The highest BCUT2D eigenvalue weighted by molar-refractivity contribution is 5.70. The highest BCUT2D eigenvalue weighted by Gasteiger charge is 2.27. The van der Waals surface area contributed by atoms with Crippen LogP contribution in [-0.2, 0) is 4.79 Å². The van der Waals surface area contributed by atoms with Gasteiger partial charge in [-0.25, -0.2) is 0 Å². The van der Waals surface area contributed by atoms with Crippen molar-refractivity contribution in [3.63, 3.8) is 0 Å². The Morgan fingerprint density at radius 2 is 1.89 bits per heavy atom. The number of hydrogen-bond donors (Lipinski definition) is 2. The number of rotatable bonds is 7. The standard InChI is InChI=1S/C16H31NO2/c1-11(2)9-14(16(18)19)10-17-13(4)15-8-6-5-7-12(15)3/h11-15,17H,5-10H2,1-4H3,(H,18,19). The summed E-state index contributed by atoms with van der Waals surface area (Å²) in [5, 5.41) is 12.7. The van der Waals surface area contributed by atoms with Crippen LogP contribution in [0, 0.1) is 23.7 Å². The summed E-state index contributed by atoms with van der Waals surface area (Å²) in [4.78, 5) is 11.2. The summed E-state index contributed by atoms with van der Waals surface area (Å²) < 4.78 is 0. The van der Waals surface area contributed by atoms with E-state index in [4.69, 9.17) is 0 Å². The van der Waals surface area contributed by atoms with Gasteiger partial charge in [-0.05, 0) is 37.5 Å². The lowest BCUT2D eigenvalue weighted by Crippen LogP contribution is -2.42. The lowest BCUT2D eigenvalue weighted by molar-refractivity contribution is -0.142. The third-order valence-corrected chi connectivity index (χ3v) is 4.61. The van der Waals surface area contributed by atoms with E-state index in [1.165, 1.54) is 25.7 Å². The van der Waals surface area contributed by atoms with Crippen molar-refractivity contribution in [3.05, 3.63) is 0 Å². The molecule has 0 aromatic rings. The molecular formula is C16H31NO2. The fraction of sp³-hybridized carbons (Fsp3) is 0.938. The van der Waals surface area contributed by atoms with Crippen LogP contribution in [0.25, 0.3) is 0 Å². The molecule has 0 bridgehead atoms. The van der Waals surface area contributed by atoms with Crippen molar-refractivity contribution in [2.45, 2.75) is 65.8 Å². The van der Waals surface area contributed by atoms with Gasteiger partial charge in [-0.1, -0.05) is 40.0 Å². The summed E-state index contributed by atoms with van der Waals surface area (Å²) in [6.45, 7) is 9.34. The molecule has 0 aliphatic heterocycles. The Kier molecular flexibility index (Phi) is 6.84. The molecule has 2 N–H and O–H groups in total. The van der Waals surface area contributed by atoms with Gasteiger partial charge < -0.3 is 10.4 Å². The summed E-state index contributed by atoms with van der Waals surface area (Å²) >= 11 is 0. The maximum absolute atomic E-state index is 11.2. The van der Waals surface area contributed by atoms with Crippen LogP contribution in [0.5, 0.6) is 0 Å². The molecule has 0 amide bonds. The van der Waals surface area contributed by atoms with E-state index in [0.717, 1.165) is 12.3 Å². The van der Waals surface area contributed by atoms with Crippen LogP contribution in [0.2, 0.25) is 0 Å². The molecule has 0 saturated heterocycles. The molecule has 0 radical (unpaired) electrons. The Morgan fingerprint density at radius 3 is 2.42 bits per heavy atom. The van der Waals surface area contributed by atoms with E-state index in [0.29, 0.717) is 24.4 Å². The monoisotopic (exact) mass is 269 g/mol. The second-order valence-electron chi connectivity index (χ2n) is 6.79. The summed E-state index contributed by atoms with van der Waals surface area (Å²) in [6, 6.07) is 0.435. The molecule has 1 aliphatic carbocycles. The van der Waals surface area contributed by atoms with E-state index in [-0.39, 0.29) is 5.92 Å². The van der Waals surface area contributed by atoms with E-state index in [9.17, 15) is 9.90 Å². The fourth-order valence-electron chi connectivity index (χ4n) is 3.41. The summed E-state index contributed by atoms with van der Waals surface area (Å²) in [5.41, 5.74) is 0. The first-order valence-corrected chi connectivity index (χ1v) is 7.88. The lowest BCUT2D eigenvalue weighted by Gasteiger charge is -2.34. The van der Waals surface area contributed by atoms with Gasteiger partial charge >= 0.3 is 5.97 Å². The SMILES string of the molecule is CC(C)CC(CNC(C)C1CCCCC1C)C(=O)O. The van der Waals surface area contributed by atoms with E-state index < -0.39 is 5.97 Å². The number of carboxylic acid groups (broad SMARTS) is 1. The van der Waals surface area contributed by atoms with Crippen LogP contribution in [0.3, 0.4) is 0 Å². The fourth-order valence-corrected chi connectivity index (χ4v) is 3.41. The van der Waals surface area contributed by atoms with Crippen molar-refractivity contribution in [1.82, 2.24) is 5.32 Å². The molecule has 0 aromatic heterocycles. The molecule has 3 heteroatoms. The molecule has 1 aliphatic rings. The van der Waals surface area contributed by atoms with Crippen molar-refractivity contribution < 1.29 is 9.90 Å². The third kappa shape index (κ3) is 5.52. The molecular weight excluding hydrogens is 238 g/mol. The molecule has 4 unspecified atom stereocenters. The van der Waals surface area contributed by atoms with Gasteiger partial charge in [-0.3, -0.25) is 4.79 Å². The quantitative estimate of drug-likeness (QED) is 0.743. The van der Waals surface area contributed by atoms with Gasteiger partial charge in [0.15, 0.2) is 0 Å². The Hall–Kier alpha value is -0.570. The zero-order valence-electron chi connectivity index (χ0n) is 13.0. The molecule has 112 valence electrons. The molecule has 1 rings (SSSR count). The average molecular weight is 269 g/mol. The number of hydrogen-bond acceptors (Lipinski definition) is 2. The smallest absolute Gasteiger partial charge is 0.307 e. The number of carbonyl (C=O) groups is 1. The maximum atomic E-state index is 11.2. The van der Waals surface area contributed by atoms with Gasteiger partial charge in [0.25, 0.3) is 0 Å². The van der Waals surface area contributed by atoms with Crippen molar-refractivity contribution in [3.8, 4) is 0 Å². The van der Waals surface area contributed by atoms with Crippen molar-refractivity contribution in [2.75, 3.05) is 6.54 Å². The van der Waals surface area contributed by atoms with Crippen LogP contribution >= 0.6 is 0 Å². The van der Waals surface area contributed by atoms with Gasteiger partial charge in [-0.2, -0.15) is 0 Å². The van der Waals surface area contributed by atoms with Crippen LogP contribution in [-0.4, -0.2) is 23.7 Å². The van der Waals surface area contributed by atoms with Crippen LogP contribution < -0.4 is 5.32 Å². The third-order valence-electron chi connectivity index (χ3n) is 4.61. The number of nitrogens with one attached hydrogen (secondary N) is 1.